The van der Waals surface area contributed by atoms with Crippen molar-refractivity contribution >= 4 is 17.8 Å². The normalized spacial score (nSPS) is 26.2. The van der Waals surface area contributed by atoms with Crippen LogP contribution in [0.5, 0.6) is 0 Å². The van der Waals surface area contributed by atoms with Crippen LogP contribution in [0.2, 0.25) is 0 Å². The number of carbonyl (C=O) groups is 3. The van der Waals surface area contributed by atoms with Crippen LogP contribution in [0.3, 0.4) is 0 Å². The zero-order valence-electron chi connectivity index (χ0n) is 24.1. The van der Waals surface area contributed by atoms with Gasteiger partial charge in [-0.15, -0.1) is 0 Å². The summed E-state index contributed by atoms with van der Waals surface area (Å²) in [5, 5.41) is 13.7. The number of aliphatic hydroxyl groups excluding tert-OH is 1. The molecule has 0 aromatic heterocycles. The van der Waals surface area contributed by atoms with Gasteiger partial charge in [0.15, 0.2) is 0 Å². The molecule has 2 aliphatic rings. The SMILES string of the molecule is CCOC(=O)[C@H]1[C@@H]2C(=O)N([C@@H](CO)Cc3ccccc3)[C@H](C(=O)NC(C)(C)CC(C)(C)C)[C@H]2C=C[C@H]1CC. The number of hydrogen-bond donors (Lipinski definition) is 2. The van der Waals surface area contributed by atoms with Crippen molar-refractivity contribution in [3.8, 4) is 0 Å². The van der Waals surface area contributed by atoms with E-state index in [0.717, 1.165) is 12.0 Å². The second-order valence-corrected chi connectivity index (χ2v) is 12.7. The number of rotatable bonds is 10. The highest BCUT2D eigenvalue weighted by molar-refractivity contribution is 5.96. The Morgan fingerprint density at radius 1 is 1.08 bits per heavy atom. The summed E-state index contributed by atoms with van der Waals surface area (Å²) >= 11 is 0. The maximum absolute atomic E-state index is 14.2. The Morgan fingerprint density at radius 3 is 2.29 bits per heavy atom. The van der Waals surface area contributed by atoms with Gasteiger partial charge in [-0.3, -0.25) is 14.4 Å². The lowest BCUT2D eigenvalue weighted by atomic mass is 9.69. The van der Waals surface area contributed by atoms with Crippen molar-refractivity contribution in [2.75, 3.05) is 13.2 Å². The zero-order chi connectivity index (χ0) is 28.3. The topological polar surface area (TPSA) is 95.9 Å². The molecule has 7 heteroatoms. The Hall–Kier alpha value is -2.67. The van der Waals surface area contributed by atoms with Gasteiger partial charge in [-0.25, -0.2) is 0 Å². The highest BCUT2D eigenvalue weighted by atomic mass is 16.5. The minimum absolute atomic E-state index is 0.0143. The Bertz CT molecular complexity index is 1010. The first-order valence-electron chi connectivity index (χ1n) is 14.0. The van der Waals surface area contributed by atoms with E-state index in [0.29, 0.717) is 12.8 Å². The third-order valence-electron chi connectivity index (χ3n) is 7.70. The van der Waals surface area contributed by atoms with E-state index in [2.05, 4.69) is 26.1 Å². The van der Waals surface area contributed by atoms with E-state index in [-0.39, 0.29) is 36.4 Å². The standard InChI is InChI=1S/C31H46N2O5/c1-8-21-15-16-23-25(24(21)29(37)38-9-2)28(36)33(22(18-34)17-20-13-11-10-12-14-20)26(23)27(35)32-31(6,7)19-30(3,4)5/h10-16,21-26,34H,8-9,17-19H2,1-7H3,(H,32,35)/t21-,22-,23+,24-,25-,26+/m1/s1. The molecule has 0 saturated carbocycles. The molecule has 0 radical (unpaired) electrons. The van der Waals surface area contributed by atoms with Gasteiger partial charge in [0.1, 0.15) is 6.04 Å². The Labute approximate surface area is 228 Å². The monoisotopic (exact) mass is 526 g/mol. The van der Waals surface area contributed by atoms with E-state index in [1.54, 1.807) is 11.8 Å². The predicted molar refractivity (Wildman–Crippen MR) is 148 cm³/mol. The number of hydrogen-bond acceptors (Lipinski definition) is 5. The first kappa shape index (κ1) is 29.9. The number of nitrogens with zero attached hydrogens (tertiary/aromatic N) is 1. The summed E-state index contributed by atoms with van der Waals surface area (Å²) in [7, 11) is 0. The molecule has 210 valence electrons. The summed E-state index contributed by atoms with van der Waals surface area (Å²) in [6, 6.07) is 8.21. The van der Waals surface area contributed by atoms with Gasteiger partial charge in [-0.2, -0.15) is 0 Å². The average molecular weight is 527 g/mol. The molecule has 2 amide bonds. The number of nitrogens with one attached hydrogen (secondary N) is 1. The summed E-state index contributed by atoms with van der Waals surface area (Å²) in [5.41, 5.74) is 0.436. The van der Waals surface area contributed by atoms with Crippen molar-refractivity contribution in [3.05, 3.63) is 48.0 Å². The van der Waals surface area contributed by atoms with Crippen molar-refractivity contribution in [1.29, 1.82) is 0 Å². The van der Waals surface area contributed by atoms with Crippen LogP contribution in [0.15, 0.2) is 42.5 Å². The van der Waals surface area contributed by atoms with Gasteiger partial charge in [0.25, 0.3) is 0 Å². The van der Waals surface area contributed by atoms with Crippen molar-refractivity contribution < 1.29 is 24.2 Å². The Morgan fingerprint density at radius 2 is 1.74 bits per heavy atom. The van der Waals surface area contributed by atoms with Gasteiger partial charge in [-0.1, -0.05) is 70.2 Å². The third-order valence-corrected chi connectivity index (χ3v) is 7.70. The molecule has 1 saturated heterocycles. The van der Waals surface area contributed by atoms with E-state index in [1.165, 1.54) is 0 Å². The fraction of sp³-hybridized carbons (Fsp3) is 0.645. The van der Waals surface area contributed by atoms with Gasteiger partial charge in [0, 0.05) is 11.5 Å². The second-order valence-electron chi connectivity index (χ2n) is 12.7. The molecule has 0 bridgehead atoms. The number of ether oxygens (including phenoxy) is 1. The Kier molecular flexibility index (Phi) is 9.45. The lowest BCUT2D eigenvalue weighted by Gasteiger charge is -2.38. The molecule has 1 fully saturated rings. The van der Waals surface area contributed by atoms with Crippen LogP contribution in [-0.2, 0) is 25.5 Å². The molecule has 38 heavy (non-hydrogen) atoms. The average Bonchev–Trinajstić information content (AvgIpc) is 3.13. The van der Waals surface area contributed by atoms with Crippen molar-refractivity contribution in [1.82, 2.24) is 10.2 Å². The first-order chi connectivity index (χ1) is 17.8. The van der Waals surface area contributed by atoms with Gasteiger partial charge in [0.05, 0.1) is 31.1 Å². The number of fused-ring (bicyclic) bond motifs is 1. The van der Waals surface area contributed by atoms with Crippen molar-refractivity contribution in [3.63, 3.8) is 0 Å². The molecule has 1 heterocycles. The van der Waals surface area contributed by atoms with E-state index in [1.807, 2.05) is 63.3 Å². The fourth-order valence-corrected chi connectivity index (χ4v) is 6.70. The fourth-order valence-electron chi connectivity index (χ4n) is 6.70. The van der Waals surface area contributed by atoms with Crippen LogP contribution in [0.4, 0.5) is 0 Å². The van der Waals surface area contributed by atoms with Crippen LogP contribution in [0.25, 0.3) is 0 Å². The molecular formula is C31H46N2O5. The maximum Gasteiger partial charge on any atom is 0.310 e. The van der Waals surface area contributed by atoms with Crippen LogP contribution in [0.1, 0.15) is 66.9 Å². The minimum Gasteiger partial charge on any atom is -0.466 e. The molecule has 1 aliphatic carbocycles. The van der Waals surface area contributed by atoms with Crippen molar-refractivity contribution in [2.24, 2.45) is 29.1 Å². The van der Waals surface area contributed by atoms with Crippen LogP contribution in [-0.4, -0.2) is 58.6 Å². The number of allylic oxidation sites excluding steroid dienone is 1. The highest BCUT2D eigenvalue weighted by Gasteiger charge is 2.59. The third kappa shape index (κ3) is 6.66. The van der Waals surface area contributed by atoms with Gasteiger partial charge < -0.3 is 20.1 Å². The zero-order valence-corrected chi connectivity index (χ0v) is 24.1. The predicted octanol–water partition coefficient (Wildman–Crippen LogP) is 4.14. The van der Waals surface area contributed by atoms with E-state index in [4.69, 9.17) is 4.74 Å². The summed E-state index contributed by atoms with van der Waals surface area (Å²) in [5.74, 6) is -2.94. The molecular weight excluding hydrogens is 480 g/mol. The van der Waals surface area contributed by atoms with Gasteiger partial charge in [0.2, 0.25) is 11.8 Å². The van der Waals surface area contributed by atoms with E-state index >= 15 is 0 Å². The lowest BCUT2D eigenvalue weighted by molar-refractivity contribution is -0.156. The molecule has 6 atom stereocenters. The minimum atomic E-state index is -0.835. The first-order valence-corrected chi connectivity index (χ1v) is 14.0. The number of likely N-dealkylation sites (tertiary alicyclic amines) is 1. The molecule has 1 aromatic rings. The maximum atomic E-state index is 14.2. The highest BCUT2D eigenvalue weighted by Crippen LogP contribution is 2.46. The van der Waals surface area contributed by atoms with Crippen LogP contribution < -0.4 is 5.32 Å². The molecule has 1 aromatic carbocycles. The number of aliphatic hydroxyl groups is 1. The number of benzene rings is 1. The number of amides is 2. The van der Waals surface area contributed by atoms with E-state index in [9.17, 15) is 19.5 Å². The summed E-state index contributed by atoms with van der Waals surface area (Å²) < 4.78 is 5.43. The van der Waals surface area contributed by atoms with Crippen molar-refractivity contribution in [2.45, 2.75) is 85.4 Å². The summed E-state index contributed by atoms with van der Waals surface area (Å²) in [6.07, 6.45) is 5.75. The quantitative estimate of drug-likeness (QED) is 0.353. The summed E-state index contributed by atoms with van der Waals surface area (Å²) in [4.78, 5) is 43.0. The molecule has 7 nitrogen and oxygen atoms in total. The largest absolute Gasteiger partial charge is 0.466 e. The molecule has 1 aliphatic heterocycles. The van der Waals surface area contributed by atoms with Gasteiger partial charge >= 0.3 is 5.97 Å². The van der Waals surface area contributed by atoms with Gasteiger partial charge in [-0.05, 0) is 56.9 Å². The summed E-state index contributed by atoms with van der Waals surface area (Å²) in [6.45, 7) is 14.1. The lowest BCUT2D eigenvalue weighted by Crippen LogP contribution is -2.57. The molecule has 3 rings (SSSR count). The molecule has 0 unspecified atom stereocenters. The van der Waals surface area contributed by atoms with Crippen LogP contribution in [0, 0.1) is 29.1 Å². The van der Waals surface area contributed by atoms with E-state index < -0.39 is 41.3 Å². The number of esters is 1. The molecule has 2 N–H and O–H groups in total. The molecule has 0 spiro atoms. The second kappa shape index (κ2) is 12.0. The smallest absolute Gasteiger partial charge is 0.310 e. The Balaban J connectivity index is 2.05. The number of carbonyl (C=O) groups excluding carboxylic acids is 3. The van der Waals surface area contributed by atoms with Crippen LogP contribution >= 0.6 is 0 Å².